The fourth-order valence-corrected chi connectivity index (χ4v) is 1.22. The summed E-state index contributed by atoms with van der Waals surface area (Å²) in [5.41, 5.74) is 2.66. The van der Waals surface area contributed by atoms with E-state index in [0.717, 1.165) is 16.6 Å². The Morgan fingerprint density at radius 3 is 2.71 bits per heavy atom. The Bertz CT molecular complexity index is 523. The summed E-state index contributed by atoms with van der Waals surface area (Å²) >= 11 is 0. The van der Waals surface area contributed by atoms with Gasteiger partial charge in [0.1, 0.15) is 0 Å². The van der Waals surface area contributed by atoms with Gasteiger partial charge in [-0.05, 0) is 23.8 Å². The Balaban J connectivity index is 2.52. The molecule has 0 fully saturated rings. The van der Waals surface area contributed by atoms with E-state index in [9.17, 15) is 0 Å². The minimum Gasteiger partial charge on any atom is -0.253 e. The number of allylic oxidation sites excluding steroid dienone is 1. The summed E-state index contributed by atoms with van der Waals surface area (Å²) in [6.07, 6.45) is 6.50. The fourth-order valence-electron chi connectivity index (χ4n) is 1.22. The second-order valence-electron chi connectivity index (χ2n) is 2.77. The predicted octanol–water partition coefficient (Wildman–Crippen LogP) is 2.17. The molecule has 3 nitrogen and oxygen atoms in total. The van der Waals surface area contributed by atoms with Crippen LogP contribution in [-0.4, -0.2) is 9.97 Å². The summed E-state index contributed by atoms with van der Waals surface area (Å²) in [5.74, 6) is 0. The maximum absolute atomic E-state index is 8.38. The molecule has 14 heavy (non-hydrogen) atoms. The average molecular weight is 181 g/mol. The molecule has 1 aromatic carbocycles. The molecule has 0 atom stereocenters. The summed E-state index contributed by atoms with van der Waals surface area (Å²) in [4.78, 5) is 8.32. The predicted molar refractivity (Wildman–Crippen MR) is 54.2 cm³/mol. The van der Waals surface area contributed by atoms with Crippen LogP contribution in [0.3, 0.4) is 0 Å². The molecule has 0 spiro atoms. The zero-order valence-corrected chi connectivity index (χ0v) is 7.38. The van der Waals surface area contributed by atoms with Crippen molar-refractivity contribution >= 4 is 17.1 Å². The topological polar surface area (TPSA) is 49.6 Å². The number of rotatable bonds is 1. The van der Waals surface area contributed by atoms with E-state index in [1.807, 2.05) is 24.3 Å². The monoisotopic (exact) mass is 181 g/mol. The third-order valence-electron chi connectivity index (χ3n) is 1.84. The first kappa shape index (κ1) is 8.39. The zero-order chi connectivity index (χ0) is 9.80. The van der Waals surface area contributed by atoms with Crippen molar-refractivity contribution in [2.45, 2.75) is 0 Å². The van der Waals surface area contributed by atoms with Gasteiger partial charge in [0.15, 0.2) is 0 Å². The first-order valence-corrected chi connectivity index (χ1v) is 4.17. The lowest BCUT2D eigenvalue weighted by Crippen LogP contribution is -1.82. The van der Waals surface area contributed by atoms with Crippen molar-refractivity contribution < 1.29 is 0 Å². The van der Waals surface area contributed by atoms with Crippen LogP contribution in [0.15, 0.2) is 36.7 Å². The molecule has 0 aliphatic carbocycles. The highest BCUT2D eigenvalue weighted by atomic mass is 14.8. The van der Waals surface area contributed by atoms with Crippen LogP contribution < -0.4 is 0 Å². The third kappa shape index (κ3) is 1.59. The van der Waals surface area contributed by atoms with E-state index in [-0.39, 0.29) is 0 Å². The van der Waals surface area contributed by atoms with Crippen molar-refractivity contribution in [2.24, 2.45) is 0 Å². The smallest absolute Gasteiger partial charge is 0.0912 e. The van der Waals surface area contributed by atoms with Gasteiger partial charge in [-0.15, -0.1) is 0 Å². The van der Waals surface area contributed by atoms with Gasteiger partial charge in [0, 0.05) is 18.5 Å². The molecule has 1 heterocycles. The Kier molecular flexibility index (Phi) is 2.20. The van der Waals surface area contributed by atoms with Crippen LogP contribution in [0.5, 0.6) is 0 Å². The molecule has 2 rings (SSSR count). The molecule has 0 amide bonds. The highest BCUT2D eigenvalue weighted by Gasteiger charge is 1.94. The number of aromatic nitrogens is 2. The van der Waals surface area contributed by atoms with Crippen LogP contribution in [0.4, 0.5) is 0 Å². The van der Waals surface area contributed by atoms with Gasteiger partial charge in [0.2, 0.25) is 0 Å². The molecule has 0 saturated heterocycles. The van der Waals surface area contributed by atoms with Crippen LogP contribution in [0, 0.1) is 11.3 Å². The molecule has 1 aromatic heterocycles. The SMILES string of the molecule is N#CC=Cc1ccc2nccnc2c1. The Morgan fingerprint density at radius 2 is 1.93 bits per heavy atom. The maximum atomic E-state index is 8.38. The minimum absolute atomic E-state index is 0.840. The van der Waals surface area contributed by atoms with E-state index in [1.165, 1.54) is 6.08 Å². The molecular formula is C11H7N3. The standard InChI is InChI=1S/C11H7N3/c12-5-1-2-9-3-4-10-11(8-9)14-7-6-13-10/h1-4,6-8H. The minimum atomic E-state index is 0.840. The highest BCUT2D eigenvalue weighted by Crippen LogP contribution is 2.11. The average Bonchev–Trinajstić information content (AvgIpc) is 2.26. The zero-order valence-electron chi connectivity index (χ0n) is 7.38. The van der Waals surface area contributed by atoms with Gasteiger partial charge in [-0.2, -0.15) is 5.26 Å². The lowest BCUT2D eigenvalue weighted by molar-refractivity contribution is 1.29. The number of hydrogen-bond acceptors (Lipinski definition) is 3. The molecule has 0 aliphatic rings. The Hall–Kier alpha value is -2.21. The van der Waals surface area contributed by atoms with E-state index in [1.54, 1.807) is 18.5 Å². The Labute approximate surface area is 81.4 Å². The normalized spacial score (nSPS) is 10.5. The van der Waals surface area contributed by atoms with Gasteiger partial charge in [0.05, 0.1) is 17.1 Å². The largest absolute Gasteiger partial charge is 0.253 e. The van der Waals surface area contributed by atoms with Gasteiger partial charge in [-0.3, -0.25) is 9.97 Å². The van der Waals surface area contributed by atoms with E-state index in [0.29, 0.717) is 0 Å². The summed E-state index contributed by atoms with van der Waals surface area (Å²) in [6, 6.07) is 7.64. The number of benzene rings is 1. The van der Waals surface area contributed by atoms with Crippen LogP contribution in [0.2, 0.25) is 0 Å². The first-order chi connectivity index (χ1) is 6.90. The first-order valence-electron chi connectivity index (χ1n) is 4.17. The van der Waals surface area contributed by atoms with Crippen LogP contribution in [0.25, 0.3) is 17.1 Å². The van der Waals surface area contributed by atoms with Crippen molar-refractivity contribution in [1.29, 1.82) is 5.26 Å². The molecule has 2 aromatic rings. The van der Waals surface area contributed by atoms with Crippen molar-refractivity contribution in [3.8, 4) is 6.07 Å². The molecule has 0 saturated carbocycles. The number of fused-ring (bicyclic) bond motifs is 1. The lowest BCUT2D eigenvalue weighted by atomic mass is 10.2. The third-order valence-corrected chi connectivity index (χ3v) is 1.84. The Morgan fingerprint density at radius 1 is 1.14 bits per heavy atom. The second kappa shape index (κ2) is 3.67. The summed E-state index contributed by atoms with van der Waals surface area (Å²) in [6.45, 7) is 0. The summed E-state index contributed by atoms with van der Waals surface area (Å²) < 4.78 is 0. The molecule has 0 radical (unpaired) electrons. The number of nitriles is 1. The van der Waals surface area contributed by atoms with Crippen molar-refractivity contribution in [3.63, 3.8) is 0 Å². The molecule has 66 valence electrons. The van der Waals surface area contributed by atoms with Crippen molar-refractivity contribution in [2.75, 3.05) is 0 Å². The highest BCUT2D eigenvalue weighted by molar-refractivity contribution is 5.77. The number of nitrogens with zero attached hydrogens (tertiary/aromatic N) is 3. The van der Waals surface area contributed by atoms with Crippen LogP contribution in [0.1, 0.15) is 5.56 Å². The van der Waals surface area contributed by atoms with Crippen LogP contribution in [-0.2, 0) is 0 Å². The lowest BCUT2D eigenvalue weighted by Gasteiger charge is -1.96. The van der Waals surface area contributed by atoms with Gasteiger partial charge in [-0.25, -0.2) is 0 Å². The van der Waals surface area contributed by atoms with Gasteiger partial charge in [-0.1, -0.05) is 6.07 Å². The van der Waals surface area contributed by atoms with Crippen molar-refractivity contribution in [3.05, 3.63) is 42.2 Å². The molecule has 0 aliphatic heterocycles. The van der Waals surface area contributed by atoms with E-state index < -0.39 is 0 Å². The second-order valence-corrected chi connectivity index (χ2v) is 2.77. The van der Waals surface area contributed by atoms with Gasteiger partial charge < -0.3 is 0 Å². The van der Waals surface area contributed by atoms with Gasteiger partial charge in [0.25, 0.3) is 0 Å². The van der Waals surface area contributed by atoms with Crippen LogP contribution >= 0.6 is 0 Å². The maximum Gasteiger partial charge on any atom is 0.0912 e. The van der Waals surface area contributed by atoms with Gasteiger partial charge >= 0.3 is 0 Å². The van der Waals surface area contributed by atoms with Crippen molar-refractivity contribution in [1.82, 2.24) is 9.97 Å². The summed E-state index contributed by atoms with van der Waals surface area (Å²) in [5, 5.41) is 8.38. The van der Waals surface area contributed by atoms with E-state index in [4.69, 9.17) is 5.26 Å². The quantitative estimate of drug-likeness (QED) is 0.633. The number of hydrogen-bond donors (Lipinski definition) is 0. The molecule has 0 unspecified atom stereocenters. The molecule has 0 N–H and O–H groups in total. The van der Waals surface area contributed by atoms with E-state index >= 15 is 0 Å². The molecule has 3 heteroatoms. The van der Waals surface area contributed by atoms with E-state index in [2.05, 4.69) is 9.97 Å². The fraction of sp³-hybridized carbons (Fsp3) is 0. The molecule has 0 bridgehead atoms. The summed E-state index contributed by atoms with van der Waals surface area (Å²) in [7, 11) is 0. The molecular weight excluding hydrogens is 174 g/mol.